The Hall–Kier alpha value is -3.28. The molecule has 0 bridgehead atoms. The van der Waals surface area contributed by atoms with Crippen LogP contribution in [0.5, 0.6) is 0 Å². The summed E-state index contributed by atoms with van der Waals surface area (Å²) >= 11 is 0. The second-order valence-electron chi connectivity index (χ2n) is 6.31. The molecule has 0 aliphatic rings. The van der Waals surface area contributed by atoms with E-state index in [-0.39, 0.29) is 11.7 Å². The lowest BCUT2D eigenvalue weighted by molar-refractivity contribution is 0.0779. The third-order valence-corrected chi connectivity index (χ3v) is 4.05. The number of carbonyl (C=O) groups is 1. The van der Waals surface area contributed by atoms with Gasteiger partial charge < -0.3 is 10.2 Å². The van der Waals surface area contributed by atoms with Gasteiger partial charge in [0.05, 0.1) is 0 Å². The molecule has 0 radical (unpaired) electrons. The van der Waals surface area contributed by atoms with E-state index in [0.29, 0.717) is 30.4 Å². The zero-order valence-corrected chi connectivity index (χ0v) is 15.3. The Morgan fingerprint density at radius 2 is 1.74 bits per heavy atom. The SMILES string of the molecule is Cc1nc(NCc2ccc(F)cc2)cc(C(=O)N(C)Cc2ccccc2)n1. The number of benzene rings is 2. The average molecular weight is 364 g/mol. The second kappa shape index (κ2) is 8.40. The number of nitrogens with zero attached hydrogens (tertiary/aromatic N) is 3. The fourth-order valence-electron chi connectivity index (χ4n) is 2.69. The summed E-state index contributed by atoms with van der Waals surface area (Å²) < 4.78 is 13.0. The van der Waals surface area contributed by atoms with Gasteiger partial charge in [0, 0.05) is 26.2 Å². The van der Waals surface area contributed by atoms with E-state index in [1.807, 2.05) is 30.3 Å². The predicted molar refractivity (Wildman–Crippen MR) is 103 cm³/mol. The van der Waals surface area contributed by atoms with Crippen LogP contribution in [0.3, 0.4) is 0 Å². The number of hydrogen-bond donors (Lipinski definition) is 1. The standard InChI is InChI=1S/C21H21FN4O/c1-15-24-19(21(27)26(2)14-17-6-4-3-5-7-17)12-20(25-15)23-13-16-8-10-18(22)11-9-16/h3-12H,13-14H2,1-2H3,(H,23,24,25). The Morgan fingerprint density at radius 3 is 2.44 bits per heavy atom. The van der Waals surface area contributed by atoms with Gasteiger partial charge in [0.2, 0.25) is 0 Å². The molecule has 0 fully saturated rings. The minimum atomic E-state index is -0.272. The van der Waals surface area contributed by atoms with Crippen LogP contribution in [0.2, 0.25) is 0 Å². The normalized spacial score (nSPS) is 10.5. The molecule has 0 aliphatic carbocycles. The van der Waals surface area contributed by atoms with Gasteiger partial charge in [-0.2, -0.15) is 0 Å². The third-order valence-electron chi connectivity index (χ3n) is 4.05. The van der Waals surface area contributed by atoms with Crippen LogP contribution >= 0.6 is 0 Å². The van der Waals surface area contributed by atoms with Crippen LogP contribution in [0.4, 0.5) is 10.2 Å². The Bertz CT molecular complexity index is 913. The van der Waals surface area contributed by atoms with Crippen molar-refractivity contribution in [2.45, 2.75) is 20.0 Å². The lowest BCUT2D eigenvalue weighted by Gasteiger charge is -2.17. The molecule has 1 amide bonds. The first kappa shape index (κ1) is 18.5. The fourth-order valence-corrected chi connectivity index (χ4v) is 2.69. The first-order valence-electron chi connectivity index (χ1n) is 8.64. The summed E-state index contributed by atoms with van der Waals surface area (Å²) in [5.41, 5.74) is 2.30. The van der Waals surface area contributed by atoms with Gasteiger partial charge in [0.1, 0.15) is 23.2 Å². The summed E-state index contributed by atoms with van der Waals surface area (Å²) in [5.74, 6) is 0.624. The number of hydrogen-bond acceptors (Lipinski definition) is 4. The van der Waals surface area contributed by atoms with Gasteiger partial charge in [-0.05, 0) is 30.2 Å². The summed E-state index contributed by atoms with van der Waals surface area (Å²) in [6.07, 6.45) is 0. The number of nitrogens with one attached hydrogen (secondary N) is 1. The Morgan fingerprint density at radius 1 is 1.04 bits per heavy atom. The van der Waals surface area contributed by atoms with Crippen molar-refractivity contribution in [2.75, 3.05) is 12.4 Å². The molecule has 3 rings (SSSR count). The van der Waals surface area contributed by atoms with Crippen molar-refractivity contribution in [3.63, 3.8) is 0 Å². The highest BCUT2D eigenvalue weighted by Gasteiger charge is 2.15. The highest BCUT2D eigenvalue weighted by atomic mass is 19.1. The maximum absolute atomic E-state index is 13.0. The van der Waals surface area contributed by atoms with Crippen LogP contribution in [-0.4, -0.2) is 27.8 Å². The van der Waals surface area contributed by atoms with Gasteiger partial charge in [-0.25, -0.2) is 14.4 Å². The Labute approximate surface area is 157 Å². The molecule has 0 atom stereocenters. The van der Waals surface area contributed by atoms with E-state index in [1.165, 1.54) is 12.1 Å². The van der Waals surface area contributed by atoms with Crippen LogP contribution < -0.4 is 5.32 Å². The molecule has 2 aromatic carbocycles. The van der Waals surface area contributed by atoms with Crippen molar-refractivity contribution in [3.05, 3.63) is 89.1 Å². The molecular formula is C21H21FN4O. The third kappa shape index (κ3) is 5.10. The molecule has 138 valence electrons. The average Bonchev–Trinajstić information content (AvgIpc) is 2.67. The van der Waals surface area contributed by atoms with Gasteiger partial charge >= 0.3 is 0 Å². The van der Waals surface area contributed by atoms with Gasteiger partial charge in [-0.3, -0.25) is 4.79 Å². The Kier molecular flexibility index (Phi) is 5.76. The molecule has 0 saturated heterocycles. The van der Waals surface area contributed by atoms with Gasteiger partial charge in [0.25, 0.3) is 5.91 Å². The predicted octanol–water partition coefficient (Wildman–Crippen LogP) is 3.81. The van der Waals surface area contributed by atoms with E-state index in [0.717, 1.165) is 11.1 Å². The molecule has 1 aromatic heterocycles. The molecule has 1 N–H and O–H groups in total. The summed E-state index contributed by atoms with van der Waals surface area (Å²) in [5, 5.41) is 3.16. The molecule has 6 heteroatoms. The molecule has 0 aliphatic heterocycles. The van der Waals surface area contributed by atoms with Crippen LogP contribution in [-0.2, 0) is 13.1 Å². The largest absolute Gasteiger partial charge is 0.366 e. The molecule has 0 saturated carbocycles. The zero-order chi connectivity index (χ0) is 19.2. The van der Waals surface area contributed by atoms with Crippen molar-refractivity contribution in [2.24, 2.45) is 0 Å². The summed E-state index contributed by atoms with van der Waals surface area (Å²) in [7, 11) is 1.75. The molecule has 5 nitrogen and oxygen atoms in total. The van der Waals surface area contributed by atoms with Crippen LogP contribution in [0, 0.1) is 12.7 Å². The highest BCUT2D eigenvalue weighted by molar-refractivity contribution is 5.92. The lowest BCUT2D eigenvalue weighted by Crippen LogP contribution is -2.27. The van der Waals surface area contributed by atoms with E-state index in [2.05, 4.69) is 15.3 Å². The quantitative estimate of drug-likeness (QED) is 0.723. The van der Waals surface area contributed by atoms with Gasteiger partial charge in [0.15, 0.2) is 0 Å². The molecule has 27 heavy (non-hydrogen) atoms. The monoisotopic (exact) mass is 364 g/mol. The van der Waals surface area contributed by atoms with Crippen molar-refractivity contribution < 1.29 is 9.18 Å². The molecule has 1 heterocycles. The zero-order valence-electron chi connectivity index (χ0n) is 15.3. The van der Waals surface area contributed by atoms with E-state index >= 15 is 0 Å². The van der Waals surface area contributed by atoms with Crippen molar-refractivity contribution in [1.82, 2.24) is 14.9 Å². The first-order chi connectivity index (χ1) is 13.0. The van der Waals surface area contributed by atoms with E-state index in [4.69, 9.17) is 0 Å². The number of rotatable bonds is 6. The van der Waals surface area contributed by atoms with Crippen molar-refractivity contribution in [1.29, 1.82) is 0 Å². The van der Waals surface area contributed by atoms with Gasteiger partial charge in [-0.15, -0.1) is 0 Å². The maximum atomic E-state index is 13.0. The topological polar surface area (TPSA) is 58.1 Å². The van der Waals surface area contributed by atoms with E-state index < -0.39 is 0 Å². The molecular weight excluding hydrogens is 343 g/mol. The second-order valence-corrected chi connectivity index (χ2v) is 6.31. The van der Waals surface area contributed by atoms with E-state index in [1.54, 1.807) is 37.1 Å². The van der Waals surface area contributed by atoms with E-state index in [9.17, 15) is 9.18 Å². The van der Waals surface area contributed by atoms with Crippen molar-refractivity contribution >= 4 is 11.7 Å². The minimum Gasteiger partial charge on any atom is -0.366 e. The molecule has 3 aromatic rings. The molecule has 0 unspecified atom stereocenters. The number of amides is 1. The summed E-state index contributed by atoms with van der Waals surface area (Å²) in [4.78, 5) is 23.0. The van der Waals surface area contributed by atoms with Crippen LogP contribution in [0.1, 0.15) is 27.4 Å². The highest BCUT2D eigenvalue weighted by Crippen LogP contribution is 2.13. The number of aryl methyl sites for hydroxylation is 1. The number of anilines is 1. The number of aromatic nitrogens is 2. The smallest absolute Gasteiger partial charge is 0.272 e. The Balaban J connectivity index is 1.70. The first-order valence-corrected chi connectivity index (χ1v) is 8.64. The van der Waals surface area contributed by atoms with Crippen LogP contribution in [0.25, 0.3) is 0 Å². The minimum absolute atomic E-state index is 0.172. The number of carbonyl (C=O) groups excluding carboxylic acids is 1. The summed E-state index contributed by atoms with van der Waals surface area (Å²) in [6.45, 7) is 2.72. The maximum Gasteiger partial charge on any atom is 0.272 e. The number of halogens is 1. The summed E-state index contributed by atoms with van der Waals surface area (Å²) in [6, 6.07) is 17.7. The van der Waals surface area contributed by atoms with Gasteiger partial charge in [-0.1, -0.05) is 42.5 Å². The fraction of sp³-hybridized carbons (Fsp3) is 0.190. The van der Waals surface area contributed by atoms with Crippen LogP contribution in [0.15, 0.2) is 60.7 Å². The molecule has 0 spiro atoms. The lowest BCUT2D eigenvalue weighted by atomic mass is 10.2. The van der Waals surface area contributed by atoms with Crippen molar-refractivity contribution in [3.8, 4) is 0 Å².